The van der Waals surface area contributed by atoms with Crippen LogP contribution in [0.25, 0.3) is 0 Å². The second-order valence-electron chi connectivity index (χ2n) is 7.64. The standard InChI is InChI=1S/C25H28N2O5/c1-31-24(29)22(16-18-10-4-2-5-11-18)26-23(28)20-14-8-9-15-21(20)27-25(30)32-17-19-12-6-3-7-13-19/h2-13,20-22H,14-17H2,1H3,(H,26,28)(H,27,30)/t20-,21-,22+/m1/s1. The van der Waals surface area contributed by atoms with Gasteiger partial charge in [0.15, 0.2) is 0 Å². The third kappa shape index (κ3) is 6.70. The molecular formula is C25H28N2O5. The van der Waals surface area contributed by atoms with E-state index in [1.165, 1.54) is 7.11 Å². The zero-order valence-electron chi connectivity index (χ0n) is 18.0. The van der Waals surface area contributed by atoms with E-state index in [0.29, 0.717) is 19.3 Å². The van der Waals surface area contributed by atoms with E-state index in [4.69, 9.17) is 9.47 Å². The number of allylic oxidation sites excluding steroid dienone is 1. The highest BCUT2D eigenvalue weighted by Gasteiger charge is 2.33. The molecule has 0 saturated heterocycles. The van der Waals surface area contributed by atoms with Crippen LogP contribution < -0.4 is 10.6 Å². The summed E-state index contributed by atoms with van der Waals surface area (Å²) in [5.41, 5.74) is 1.79. The van der Waals surface area contributed by atoms with Gasteiger partial charge in [0.05, 0.1) is 13.0 Å². The lowest BCUT2D eigenvalue weighted by atomic mass is 9.88. The minimum absolute atomic E-state index is 0.146. The summed E-state index contributed by atoms with van der Waals surface area (Å²) < 4.78 is 10.2. The molecule has 0 spiro atoms. The van der Waals surface area contributed by atoms with Gasteiger partial charge in [-0.05, 0) is 24.0 Å². The maximum atomic E-state index is 13.0. The topological polar surface area (TPSA) is 93.7 Å². The van der Waals surface area contributed by atoms with E-state index in [1.807, 2.05) is 72.8 Å². The summed E-state index contributed by atoms with van der Waals surface area (Å²) in [7, 11) is 1.29. The minimum atomic E-state index is -0.813. The maximum absolute atomic E-state index is 13.0. The summed E-state index contributed by atoms with van der Waals surface area (Å²) in [6.07, 6.45) is 4.52. The summed E-state index contributed by atoms with van der Waals surface area (Å²) in [5.74, 6) is -1.35. The number of carbonyl (C=O) groups is 3. The Bertz CT molecular complexity index is 930. The van der Waals surface area contributed by atoms with Crippen molar-refractivity contribution in [2.24, 2.45) is 5.92 Å². The molecule has 2 N–H and O–H groups in total. The lowest BCUT2D eigenvalue weighted by molar-refractivity contribution is -0.145. The first-order valence-corrected chi connectivity index (χ1v) is 10.6. The number of carbonyl (C=O) groups excluding carboxylic acids is 3. The Balaban J connectivity index is 1.60. The molecule has 32 heavy (non-hydrogen) atoms. The molecule has 0 heterocycles. The number of nitrogens with one attached hydrogen (secondary N) is 2. The number of amides is 2. The molecule has 3 atom stereocenters. The Hall–Kier alpha value is -3.61. The summed E-state index contributed by atoms with van der Waals surface area (Å²) >= 11 is 0. The monoisotopic (exact) mass is 436 g/mol. The highest BCUT2D eigenvalue weighted by Crippen LogP contribution is 2.20. The van der Waals surface area contributed by atoms with Gasteiger partial charge in [0.1, 0.15) is 12.6 Å². The molecule has 1 aliphatic carbocycles. The van der Waals surface area contributed by atoms with Crippen LogP contribution in [-0.4, -0.2) is 37.2 Å². The molecule has 7 heteroatoms. The predicted molar refractivity (Wildman–Crippen MR) is 120 cm³/mol. The van der Waals surface area contributed by atoms with Crippen molar-refractivity contribution in [2.45, 2.75) is 38.0 Å². The predicted octanol–water partition coefficient (Wildman–Crippen LogP) is 3.15. The van der Waals surface area contributed by atoms with Gasteiger partial charge in [-0.15, -0.1) is 0 Å². The molecular weight excluding hydrogens is 408 g/mol. The zero-order valence-corrected chi connectivity index (χ0v) is 18.0. The van der Waals surface area contributed by atoms with Gasteiger partial charge < -0.3 is 20.1 Å². The number of hydrogen-bond acceptors (Lipinski definition) is 5. The Labute approximate surface area is 187 Å². The van der Waals surface area contributed by atoms with Crippen LogP contribution in [0.5, 0.6) is 0 Å². The van der Waals surface area contributed by atoms with Crippen molar-refractivity contribution in [3.05, 3.63) is 83.9 Å². The lowest BCUT2D eigenvalue weighted by Crippen LogP contribution is -2.51. The SMILES string of the molecule is COC(=O)[C@H](Cc1ccccc1)NC(=O)[C@@H]1CC=CC[C@H]1NC(=O)OCc1ccccc1. The summed E-state index contributed by atoms with van der Waals surface area (Å²) in [6, 6.07) is 17.5. The lowest BCUT2D eigenvalue weighted by Gasteiger charge is -2.29. The summed E-state index contributed by atoms with van der Waals surface area (Å²) in [6.45, 7) is 0.146. The number of methoxy groups -OCH3 is 1. The molecule has 0 radical (unpaired) electrons. The van der Waals surface area contributed by atoms with Crippen LogP contribution in [0.4, 0.5) is 4.79 Å². The molecule has 0 fully saturated rings. The van der Waals surface area contributed by atoms with E-state index >= 15 is 0 Å². The van der Waals surface area contributed by atoms with E-state index in [1.54, 1.807) is 0 Å². The molecule has 2 aromatic carbocycles. The van der Waals surface area contributed by atoms with Gasteiger partial charge in [-0.3, -0.25) is 4.79 Å². The van der Waals surface area contributed by atoms with Crippen LogP contribution in [0.15, 0.2) is 72.8 Å². The Morgan fingerprint density at radius 2 is 1.56 bits per heavy atom. The fourth-order valence-electron chi connectivity index (χ4n) is 3.64. The van der Waals surface area contributed by atoms with E-state index < -0.39 is 30.1 Å². The van der Waals surface area contributed by atoms with Gasteiger partial charge in [-0.25, -0.2) is 9.59 Å². The highest BCUT2D eigenvalue weighted by atomic mass is 16.5. The van der Waals surface area contributed by atoms with E-state index in [-0.39, 0.29) is 12.5 Å². The van der Waals surface area contributed by atoms with Crippen molar-refractivity contribution in [3.8, 4) is 0 Å². The fourth-order valence-corrected chi connectivity index (χ4v) is 3.64. The largest absolute Gasteiger partial charge is 0.467 e. The number of esters is 1. The van der Waals surface area contributed by atoms with Crippen molar-refractivity contribution in [3.63, 3.8) is 0 Å². The number of ether oxygens (including phenoxy) is 2. The number of alkyl carbamates (subject to hydrolysis) is 1. The van der Waals surface area contributed by atoms with Gasteiger partial charge >= 0.3 is 12.1 Å². The average molecular weight is 437 g/mol. The van der Waals surface area contributed by atoms with Crippen molar-refractivity contribution >= 4 is 18.0 Å². The summed E-state index contributed by atoms with van der Waals surface area (Å²) in [5, 5.41) is 5.60. The highest BCUT2D eigenvalue weighted by molar-refractivity contribution is 5.87. The third-order valence-electron chi connectivity index (χ3n) is 5.37. The van der Waals surface area contributed by atoms with Crippen LogP contribution in [0.2, 0.25) is 0 Å². The molecule has 0 saturated carbocycles. The van der Waals surface area contributed by atoms with Crippen LogP contribution >= 0.6 is 0 Å². The quantitative estimate of drug-likeness (QED) is 0.490. The van der Waals surface area contributed by atoms with Crippen LogP contribution in [0, 0.1) is 5.92 Å². The molecule has 0 aliphatic heterocycles. The number of rotatable bonds is 8. The first-order chi connectivity index (χ1) is 15.6. The Morgan fingerprint density at radius 1 is 0.938 bits per heavy atom. The third-order valence-corrected chi connectivity index (χ3v) is 5.37. The van der Waals surface area contributed by atoms with Gasteiger partial charge in [0.2, 0.25) is 5.91 Å². The van der Waals surface area contributed by atoms with Crippen molar-refractivity contribution in [2.75, 3.05) is 7.11 Å². The fraction of sp³-hybridized carbons (Fsp3) is 0.320. The molecule has 7 nitrogen and oxygen atoms in total. The van der Waals surface area contributed by atoms with E-state index in [9.17, 15) is 14.4 Å². The molecule has 3 rings (SSSR count). The van der Waals surface area contributed by atoms with Gasteiger partial charge in [-0.2, -0.15) is 0 Å². The van der Waals surface area contributed by atoms with Crippen LogP contribution in [0.3, 0.4) is 0 Å². The van der Waals surface area contributed by atoms with E-state index in [0.717, 1.165) is 11.1 Å². The van der Waals surface area contributed by atoms with Crippen molar-refractivity contribution < 1.29 is 23.9 Å². The molecule has 2 aromatic rings. The average Bonchev–Trinajstić information content (AvgIpc) is 2.83. The second-order valence-corrected chi connectivity index (χ2v) is 7.64. The number of hydrogen-bond donors (Lipinski definition) is 2. The minimum Gasteiger partial charge on any atom is -0.467 e. The number of benzene rings is 2. The van der Waals surface area contributed by atoms with Crippen molar-refractivity contribution in [1.82, 2.24) is 10.6 Å². The molecule has 1 aliphatic rings. The molecule has 0 aromatic heterocycles. The normalized spacial score (nSPS) is 18.3. The Kier molecular flexibility index (Phi) is 8.43. The van der Waals surface area contributed by atoms with Crippen LogP contribution in [0.1, 0.15) is 24.0 Å². The van der Waals surface area contributed by atoms with E-state index in [2.05, 4.69) is 10.6 Å². The first kappa shape index (κ1) is 23.1. The van der Waals surface area contributed by atoms with Crippen LogP contribution in [-0.2, 0) is 32.1 Å². The smallest absolute Gasteiger partial charge is 0.407 e. The zero-order chi connectivity index (χ0) is 22.8. The Morgan fingerprint density at radius 3 is 2.22 bits per heavy atom. The van der Waals surface area contributed by atoms with Gasteiger partial charge in [0, 0.05) is 12.5 Å². The van der Waals surface area contributed by atoms with Crippen molar-refractivity contribution in [1.29, 1.82) is 0 Å². The second kappa shape index (κ2) is 11.7. The summed E-state index contributed by atoms with van der Waals surface area (Å²) in [4.78, 5) is 37.6. The van der Waals surface area contributed by atoms with Gasteiger partial charge in [0.25, 0.3) is 0 Å². The van der Waals surface area contributed by atoms with Gasteiger partial charge in [-0.1, -0.05) is 72.8 Å². The molecule has 0 bridgehead atoms. The molecule has 168 valence electrons. The first-order valence-electron chi connectivity index (χ1n) is 10.6. The molecule has 0 unspecified atom stereocenters. The maximum Gasteiger partial charge on any atom is 0.407 e. The molecule has 2 amide bonds.